The topological polar surface area (TPSA) is 119 Å². The van der Waals surface area contributed by atoms with Crippen molar-refractivity contribution in [2.45, 2.75) is 25.3 Å². The zero-order chi connectivity index (χ0) is 30.0. The maximum atomic E-state index is 13.7. The average molecular weight is 630 g/mol. The highest BCUT2D eigenvalue weighted by molar-refractivity contribution is 8.26. The molecule has 0 radical (unpaired) electrons. The molecule has 2 amide bonds. The third-order valence-corrected chi connectivity index (χ3v) is 9.35. The molecular weight excluding hydrogens is 605 g/mol. The lowest BCUT2D eigenvalue weighted by molar-refractivity contribution is -0.126. The van der Waals surface area contributed by atoms with Gasteiger partial charge in [0.15, 0.2) is 11.6 Å². The predicted octanol–water partition coefficient (Wildman–Crippen LogP) is 5.70. The van der Waals surface area contributed by atoms with Gasteiger partial charge in [-0.15, -0.1) is 11.3 Å². The number of halogens is 2. The number of nitrogens with one attached hydrogen (secondary N) is 2. The summed E-state index contributed by atoms with van der Waals surface area (Å²) in [4.78, 5) is 40.6. The quantitative estimate of drug-likeness (QED) is 0.185. The number of hydrogen-bond acceptors (Lipinski definition) is 8. The van der Waals surface area contributed by atoms with Crippen molar-refractivity contribution in [1.82, 2.24) is 10.2 Å². The number of hydrogen-bond donors (Lipinski definition) is 4. The van der Waals surface area contributed by atoms with Crippen LogP contribution in [0.15, 0.2) is 52.7 Å². The molecule has 0 spiro atoms. The number of amides is 2. The van der Waals surface area contributed by atoms with E-state index in [2.05, 4.69) is 10.6 Å². The van der Waals surface area contributed by atoms with Gasteiger partial charge in [-0.1, -0.05) is 30.0 Å². The fraction of sp³-hybridized carbons (Fsp3) is 0.241. The number of nitrogens with zero attached hydrogens (tertiary/aromatic N) is 1. The molecule has 218 valence electrons. The molecule has 2 saturated heterocycles. The van der Waals surface area contributed by atoms with Gasteiger partial charge in [-0.25, -0.2) is 13.6 Å². The average Bonchev–Trinajstić information content (AvgIpc) is 3.53. The second-order valence-corrected chi connectivity index (χ2v) is 12.5. The van der Waals surface area contributed by atoms with Crippen molar-refractivity contribution in [2.75, 3.05) is 18.4 Å². The molecule has 4 N–H and O–H groups in total. The minimum absolute atomic E-state index is 0.00310. The minimum Gasteiger partial charge on any atom is -0.507 e. The van der Waals surface area contributed by atoms with Gasteiger partial charge in [-0.3, -0.25) is 14.5 Å². The fourth-order valence-corrected chi connectivity index (χ4v) is 7.33. The Kier molecular flexibility index (Phi) is 9.02. The molecule has 3 heterocycles. The summed E-state index contributed by atoms with van der Waals surface area (Å²) in [5.41, 5.74) is 1.14. The molecule has 1 unspecified atom stereocenters. The molecule has 13 heteroatoms. The van der Waals surface area contributed by atoms with Gasteiger partial charge in [0.1, 0.15) is 15.6 Å². The molecule has 5 rings (SSSR count). The molecule has 0 bridgehead atoms. The van der Waals surface area contributed by atoms with Gasteiger partial charge < -0.3 is 20.8 Å². The highest BCUT2D eigenvalue weighted by Crippen LogP contribution is 2.39. The Labute approximate surface area is 253 Å². The summed E-state index contributed by atoms with van der Waals surface area (Å²) in [5.74, 6) is -4.35. The minimum atomic E-state index is -1.29. The van der Waals surface area contributed by atoms with E-state index in [0.717, 1.165) is 54.7 Å². The first kappa shape index (κ1) is 29.8. The smallest absolute Gasteiger partial charge is 0.339 e. The number of carboxylic acids is 1. The summed E-state index contributed by atoms with van der Waals surface area (Å²) in [7, 11) is 0. The number of thiocarbonyl (C=S) groups is 1. The van der Waals surface area contributed by atoms with Crippen LogP contribution in [0.4, 0.5) is 14.5 Å². The molecular formula is C29H25F2N3O5S3. The van der Waals surface area contributed by atoms with Crippen LogP contribution in [0.25, 0.3) is 17.2 Å². The summed E-state index contributed by atoms with van der Waals surface area (Å²) in [6.45, 7) is 1.47. The number of aromatic hydroxyl groups is 1. The number of rotatable bonds is 8. The summed E-state index contributed by atoms with van der Waals surface area (Å²) in [6.07, 6.45) is 3.14. The molecule has 0 saturated carbocycles. The van der Waals surface area contributed by atoms with Crippen LogP contribution in [0, 0.1) is 17.6 Å². The van der Waals surface area contributed by atoms with E-state index >= 15 is 0 Å². The van der Waals surface area contributed by atoms with Crippen molar-refractivity contribution >= 4 is 69.2 Å². The van der Waals surface area contributed by atoms with Gasteiger partial charge in [-0.05, 0) is 84.8 Å². The number of benzene rings is 2. The van der Waals surface area contributed by atoms with Crippen LogP contribution in [0.3, 0.4) is 0 Å². The van der Waals surface area contributed by atoms with Gasteiger partial charge in [0, 0.05) is 23.1 Å². The van der Waals surface area contributed by atoms with E-state index in [1.165, 1.54) is 40.5 Å². The Morgan fingerprint density at radius 3 is 2.57 bits per heavy atom. The maximum Gasteiger partial charge on any atom is 0.339 e. The molecule has 42 heavy (non-hydrogen) atoms. The molecule has 1 aromatic heterocycles. The zero-order valence-electron chi connectivity index (χ0n) is 21.9. The number of carbonyl (C=O) groups is 3. The van der Waals surface area contributed by atoms with Gasteiger partial charge in [0.2, 0.25) is 5.91 Å². The maximum absolute atomic E-state index is 13.7. The van der Waals surface area contributed by atoms with E-state index in [1.54, 1.807) is 17.5 Å². The number of aromatic carboxylic acids is 1. The van der Waals surface area contributed by atoms with Crippen LogP contribution >= 0.6 is 35.3 Å². The second kappa shape index (κ2) is 12.7. The van der Waals surface area contributed by atoms with Crippen LogP contribution < -0.4 is 10.6 Å². The molecule has 2 fully saturated rings. The standard InChI is InChI=1S/C29H25F2N3O5S3/c30-21-4-1-16(10-22(21)31)17-9-19(41-14-17)12-25-27(37)34(29(40)42-25)23(15-5-7-32-8-6-15)13-26(36)33-18-2-3-20(28(38)39)24(35)11-18/h1-4,9-12,14-15,23,32,35H,5-8,13H2,(H,33,36)(H,38,39)/b25-12-. The van der Waals surface area contributed by atoms with E-state index in [1.807, 2.05) is 0 Å². The summed E-state index contributed by atoms with van der Waals surface area (Å²) < 4.78 is 27.4. The van der Waals surface area contributed by atoms with Crippen molar-refractivity contribution in [3.63, 3.8) is 0 Å². The number of carboxylic acid groups (broad SMARTS) is 1. The summed E-state index contributed by atoms with van der Waals surface area (Å²) >= 11 is 8.11. The van der Waals surface area contributed by atoms with Gasteiger partial charge >= 0.3 is 5.97 Å². The van der Waals surface area contributed by atoms with E-state index in [0.29, 0.717) is 20.4 Å². The van der Waals surface area contributed by atoms with Crippen molar-refractivity contribution in [3.8, 4) is 16.9 Å². The Morgan fingerprint density at radius 2 is 1.88 bits per heavy atom. The van der Waals surface area contributed by atoms with Crippen LogP contribution in [-0.2, 0) is 9.59 Å². The summed E-state index contributed by atoms with van der Waals surface area (Å²) in [6, 6.07) is 8.70. The lowest BCUT2D eigenvalue weighted by atomic mass is 9.87. The predicted molar refractivity (Wildman–Crippen MR) is 162 cm³/mol. The third-order valence-electron chi connectivity index (χ3n) is 7.14. The number of anilines is 1. The zero-order valence-corrected chi connectivity index (χ0v) is 24.4. The Hall–Kier alpha value is -3.65. The van der Waals surface area contributed by atoms with Gasteiger partial charge in [0.25, 0.3) is 5.91 Å². The molecule has 8 nitrogen and oxygen atoms in total. The first-order valence-corrected chi connectivity index (χ1v) is 15.1. The molecule has 0 aliphatic carbocycles. The third kappa shape index (κ3) is 6.54. The van der Waals surface area contributed by atoms with Crippen LogP contribution in [0.5, 0.6) is 5.75 Å². The molecule has 2 aliphatic rings. The van der Waals surface area contributed by atoms with Crippen LogP contribution in [0.2, 0.25) is 0 Å². The lowest BCUT2D eigenvalue weighted by Gasteiger charge is -2.36. The Bertz CT molecular complexity index is 1600. The number of thioether (sulfide) groups is 1. The van der Waals surface area contributed by atoms with Crippen LogP contribution in [0.1, 0.15) is 34.5 Å². The van der Waals surface area contributed by atoms with Crippen molar-refractivity contribution in [3.05, 3.63) is 74.8 Å². The first-order valence-electron chi connectivity index (χ1n) is 13.0. The van der Waals surface area contributed by atoms with Crippen molar-refractivity contribution in [2.24, 2.45) is 5.92 Å². The largest absolute Gasteiger partial charge is 0.507 e. The highest BCUT2D eigenvalue weighted by atomic mass is 32.2. The van der Waals surface area contributed by atoms with E-state index < -0.39 is 35.3 Å². The molecule has 3 aromatic rings. The number of thiophene rings is 1. The first-order chi connectivity index (χ1) is 20.1. The van der Waals surface area contributed by atoms with E-state index in [4.69, 9.17) is 17.3 Å². The monoisotopic (exact) mass is 629 g/mol. The second-order valence-electron chi connectivity index (χ2n) is 9.86. The van der Waals surface area contributed by atoms with Crippen molar-refractivity contribution < 1.29 is 33.4 Å². The SMILES string of the molecule is O=C(CC(C1CCNCC1)N1C(=O)/C(=C/c2cc(-c3ccc(F)c(F)c3)cs2)SC1=S)Nc1ccc(C(=O)O)c(O)c1. The summed E-state index contributed by atoms with van der Waals surface area (Å²) in [5, 5.41) is 26.9. The lowest BCUT2D eigenvalue weighted by Crippen LogP contribution is -2.48. The molecule has 1 atom stereocenters. The van der Waals surface area contributed by atoms with Gasteiger partial charge in [0.05, 0.1) is 10.9 Å². The highest BCUT2D eigenvalue weighted by Gasteiger charge is 2.41. The number of piperidine rings is 1. The van der Waals surface area contributed by atoms with Gasteiger partial charge in [-0.2, -0.15) is 0 Å². The fourth-order valence-electron chi connectivity index (χ4n) is 5.04. The molecule has 2 aromatic carbocycles. The van der Waals surface area contributed by atoms with Crippen LogP contribution in [-0.4, -0.2) is 56.3 Å². The number of phenols is 1. The number of carbonyl (C=O) groups excluding carboxylic acids is 2. The molecule has 2 aliphatic heterocycles. The Balaban J connectivity index is 1.35. The Morgan fingerprint density at radius 1 is 1.12 bits per heavy atom. The van der Waals surface area contributed by atoms with E-state index in [-0.39, 0.29) is 29.5 Å². The normalized spacial score (nSPS) is 17.6. The van der Waals surface area contributed by atoms with Crippen molar-refractivity contribution in [1.29, 1.82) is 0 Å². The van der Waals surface area contributed by atoms with E-state index in [9.17, 15) is 28.3 Å².